The second kappa shape index (κ2) is 60.2. The van der Waals surface area contributed by atoms with Crippen molar-refractivity contribution in [1.82, 2.24) is 5.32 Å². The molecule has 8 nitrogen and oxygen atoms in total. The second-order valence-corrected chi connectivity index (χ2v) is 24.2. The average Bonchev–Trinajstić information content (AvgIpc) is 3.42. The third-order valence-corrected chi connectivity index (χ3v) is 14.9. The van der Waals surface area contributed by atoms with Crippen LogP contribution in [0.4, 0.5) is 0 Å². The van der Waals surface area contributed by atoms with Crippen molar-refractivity contribution in [3.8, 4) is 0 Å². The number of phosphoric ester groups is 1. The Hall–Kier alpha value is -3.36. The molecule has 1 amide bonds. The van der Waals surface area contributed by atoms with E-state index < -0.39 is 20.0 Å². The summed E-state index contributed by atoms with van der Waals surface area (Å²) in [6, 6.07) is -0.830. The van der Waals surface area contributed by atoms with Crippen LogP contribution in [-0.2, 0) is 18.4 Å². The molecule has 0 aromatic carbocycles. The fourth-order valence-electron chi connectivity index (χ4n) is 8.87. The van der Waals surface area contributed by atoms with E-state index in [1.54, 1.807) is 0 Å². The van der Waals surface area contributed by atoms with E-state index in [0.717, 1.165) is 116 Å². The summed E-state index contributed by atoms with van der Waals surface area (Å²) in [5.41, 5.74) is 0. The number of nitrogens with zero attached hydrogens (tertiary/aromatic N) is 1. The first-order valence-corrected chi connectivity index (χ1v) is 34.0. The van der Waals surface area contributed by atoms with Crippen molar-refractivity contribution in [3.63, 3.8) is 0 Å². The zero-order valence-corrected chi connectivity index (χ0v) is 53.1. The zero-order chi connectivity index (χ0) is 58.4. The topological polar surface area (TPSA) is 108 Å². The van der Waals surface area contributed by atoms with Crippen LogP contribution in [0.1, 0.15) is 258 Å². The molecule has 3 atom stereocenters. The van der Waals surface area contributed by atoms with Crippen LogP contribution in [0.2, 0.25) is 0 Å². The summed E-state index contributed by atoms with van der Waals surface area (Å²) in [6.07, 6.45) is 90.7. The van der Waals surface area contributed by atoms with Crippen molar-refractivity contribution in [2.24, 2.45) is 0 Å². The number of hydrogen-bond acceptors (Lipinski definition) is 6. The normalized spacial score (nSPS) is 14.6. The molecule has 9 heteroatoms. The first-order chi connectivity index (χ1) is 39.0. The van der Waals surface area contributed by atoms with Crippen LogP contribution in [0.3, 0.4) is 0 Å². The van der Waals surface area contributed by atoms with Gasteiger partial charge in [-0.05, 0) is 96.3 Å². The number of aliphatic hydroxyl groups is 1. The minimum Gasteiger partial charge on any atom is -0.756 e. The highest BCUT2D eigenvalue weighted by Crippen LogP contribution is 2.38. The number of carbonyl (C=O) groups excluding carboxylic acids is 1. The lowest BCUT2D eigenvalue weighted by Gasteiger charge is -2.30. The number of unbranched alkanes of at least 4 members (excludes halogenated alkanes) is 23. The third kappa shape index (κ3) is 62.2. The maximum atomic E-state index is 13.0. The standard InChI is InChI=1S/C71H123N2O6P/c1-6-8-10-12-14-16-18-20-22-24-26-28-29-30-31-32-33-34-35-36-37-38-39-40-41-42-43-45-47-49-51-53-55-57-59-61-63-65-71(75)72-69(68-79-80(76,77)78-67-66-73(3,4)5)70(74)64-62-60-58-56-54-52-50-48-46-44-27-25-23-21-19-17-15-13-11-9-7-2/h8,10,14,16,20,22,26,28,30-31,33-34,36-37,39-40,42-43,47,49,53,55,69-70,74H,6-7,9,11-13,15,17-19,21,23-25,27,29,32,35,38,41,44-46,48,50-52,54,56-68H2,1-5H3,(H-,72,75,76,77)/b10-8-,16-14-,22-20-,28-26-,31-30-,34-33-,37-36-,40-39-,43-42-,49-47-,55-53-. The number of likely N-dealkylation sites (N-methyl/N-ethyl adjacent to an activating group) is 1. The van der Waals surface area contributed by atoms with Crippen LogP contribution >= 0.6 is 7.82 Å². The molecule has 0 aromatic rings. The Morgan fingerprint density at radius 1 is 0.450 bits per heavy atom. The monoisotopic (exact) mass is 1130 g/mol. The summed E-state index contributed by atoms with van der Waals surface area (Å²) in [7, 11) is 1.27. The fraction of sp³-hybridized carbons (Fsp3) is 0.676. The quantitative estimate of drug-likeness (QED) is 0.0272. The van der Waals surface area contributed by atoms with Crippen LogP contribution in [0, 0.1) is 0 Å². The van der Waals surface area contributed by atoms with Gasteiger partial charge in [-0.2, -0.15) is 0 Å². The Morgan fingerprint density at radius 3 is 1.10 bits per heavy atom. The maximum absolute atomic E-state index is 13.0. The number of rotatable bonds is 58. The highest BCUT2D eigenvalue weighted by atomic mass is 31.2. The van der Waals surface area contributed by atoms with Gasteiger partial charge in [-0.3, -0.25) is 9.36 Å². The summed E-state index contributed by atoms with van der Waals surface area (Å²) in [4.78, 5) is 25.6. The molecular weight excluding hydrogens is 1010 g/mol. The van der Waals surface area contributed by atoms with Gasteiger partial charge in [-0.15, -0.1) is 0 Å². The van der Waals surface area contributed by atoms with Crippen molar-refractivity contribution in [3.05, 3.63) is 134 Å². The Kier molecular flexibility index (Phi) is 57.7. The first kappa shape index (κ1) is 76.6. The predicted octanol–water partition coefficient (Wildman–Crippen LogP) is 20.0. The lowest BCUT2D eigenvalue weighted by Crippen LogP contribution is -2.46. The van der Waals surface area contributed by atoms with Crippen LogP contribution in [0.25, 0.3) is 0 Å². The van der Waals surface area contributed by atoms with E-state index in [0.29, 0.717) is 23.9 Å². The minimum atomic E-state index is -4.60. The summed E-state index contributed by atoms with van der Waals surface area (Å²) < 4.78 is 23.5. The van der Waals surface area contributed by atoms with Crippen LogP contribution in [0.5, 0.6) is 0 Å². The van der Waals surface area contributed by atoms with Gasteiger partial charge in [-0.25, -0.2) is 0 Å². The molecule has 0 aliphatic heterocycles. The number of hydrogen-bond donors (Lipinski definition) is 2. The third-order valence-electron chi connectivity index (χ3n) is 13.9. The Bertz CT molecular complexity index is 1760. The molecule has 0 fully saturated rings. The van der Waals surface area contributed by atoms with Gasteiger partial charge in [0.2, 0.25) is 5.91 Å². The van der Waals surface area contributed by atoms with Crippen molar-refractivity contribution >= 4 is 13.7 Å². The van der Waals surface area contributed by atoms with Gasteiger partial charge in [0.1, 0.15) is 13.2 Å². The molecule has 0 saturated carbocycles. The van der Waals surface area contributed by atoms with Crippen molar-refractivity contribution in [2.75, 3.05) is 40.9 Å². The predicted molar refractivity (Wildman–Crippen MR) is 348 cm³/mol. The Morgan fingerprint density at radius 2 is 0.762 bits per heavy atom. The van der Waals surface area contributed by atoms with E-state index in [1.165, 1.54) is 116 Å². The summed E-state index contributed by atoms with van der Waals surface area (Å²) >= 11 is 0. The Labute approximate surface area is 494 Å². The van der Waals surface area contributed by atoms with Crippen molar-refractivity contribution in [1.29, 1.82) is 0 Å². The molecule has 458 valence electrons. The minimum absolute atomic E-state index is 0.00139. The molecular formula is C71H123N2O6P. The molecule has 0 aromatic heterocycles. The molecule has 0 spiro atoms. The molecule has 0 radical (unpaired) electrons. The van der Waals surface area contributed by atoms with Gasteiger partial charge in [0.05, 0.1) is 39.9 Å². The smallest absolute Gasteiger partial charge is 0.268 e. The molecule has 2 N–H and O–H groups in total. The molecule has 0 heterocycles. The number of phosphoric acid groups is 1. The highest BCUT2D eigenvalue weighted by molar-refractivity contribution is 7.45. The number of carbonyl (C=O) groups is 1. The van der Waals surface area contributed by atoms with E-state index in [-0.39, 0.29) is 19.1 Å². The van der Waals surface area contributed by atoms with E-state index in [2.05, 4.69) is 153 Å². The number of aliphatic hydroxyl groups excluding tert-OH is 1. The van der Waals surface area contributed by atoms with E-state index >= 15 is 0 Å². The van der Waals surface area contributed by atoms with Gasteiger partial charge in [0, 0.05) is 6.42 Å². The van der Waals surface area contributed by atoms with Crippen LogP contribution < -0.4 is 10.2 Å². The van der Waals surface area contributed by atoms with Gasteiger partial charge in [0.25, 0.3) is 7.82 Å². The first-order valence-electron chi connectivity index (χ1n) is 32.5. The molecule has 0 aliphatic rings. The van der Waals surface area contributed by atoms with E-state index in [9.17, 15) is 19.4 Å². The second-order valence-electron chi connectivity index (χ2n) is 22.7. The van der Waals surface area contributed by atoms with Crippen molar-refractivity contribution < 1.29 is 32.9 Å². The lowest BCUT2D eigenvalue weighted by molar-refractivity contribution is -0.870. The van der Waals surface area contributed by atoms with E-state index in [4.69, 9.17) is 9.05 Å². The average molecular weight is 1130 g/mol. The summed E-state index contributed by atoms with van der Waals surface area (Å²) in [5.74, 6) is -0.200. The highest BCUT2D eigenvalue weighted by Gasteiger charge is 2.24. The zero-order valence-electron chi connectivity index (χ0n) is 52.2. The largest absolute Gasteiger partial charge is 0.756 e. The molecule has 0 rings (SSSR count). The molecule has 0 aliphatic carbocycles. The van der Waals surface area contributed by atoms with E-state index in [1.807, 2.05) is 21.1 Å². The van der Waals surface area contributed by atoms with Crippen LogP contribution in [-0.4, -0.2) is 68.5 Å². The molecule has 0 saturated heterocycles. The van der Waals surface area contributed by atoms with Crippen LogP contribution in [0.15, 0.2) is 134 Å². The van der Waals surface area contributed by atoms with Crippen molar-refractivity contribution in [2.45, 2.75) is 270 Å². The molecule has 3 unspecified atom stereocenters. The number of amides is 1. The molecule has 0 bridgehead atoms. The molecule has 80 heavy (non-hydrogen) atoms. The van der Waals surface area contributed by atoms with Gasteiger partial charge < -0.3 is 28.8 Å². The van der Waals surface area contributed by atoms with Gasteiger partial charge in [-0.1, -0.05) is 289 Å². The lowest BCUT2D eigenvalue weighted by atomic mass is 10.0. The number of allylic oxidation sites excluding steroid dienone is 22. The summed E-state index contributed by atoms with van der Waals surface area (Å²) in [5, 5.41) is 14.0. The fourth-order valence-corrected chi connectivity index (χ4v) is 9.59. The number of nitrogens with one attached hydrogen (secondary N) is 1. The Balaban J connectivity index is 4.23. The van der Waals surface area contributed by atoms with Gasteiger partial charge >= 0.3 is 0 Å². The maximum Gasteiger partial charge on any atom is 0.268 e. The SMILES string of the molecule is CC/C=C\C/C=C\C/C=C\C/C=C\C/C=C\C/C=C\C/C=C\C/C=C\C/C=C\C/C=C\C/C=C\CCCCCC(=O)NC(COP(=O)([O-])OCC[N+](C)(C)C)C(O)CCCCCCCCCCCCCCCCCCCCCCC. The summed E-state index contributed by atoms with van der Waals surface area (Å²) in [6.45, 7) is 4.59. The number of quaternary nitrogens is 1. The van der Waals surface area contributed by atoms with Gasteiger partial charge in [0.15, 0.2) is 0 Å².